The third-order valence-corrected chi connectivity index (χ3v) is 3.68. The first-order valence-corrected chi connectivity index (χ1v) is 7.53. The van der Waals surface area contributed by atoms with Gasteiger partial charge in [-0.1, -0.05) is 6.92 Å². The fraction of sp³-hybridized carbons (Fsp3) is 0.562. The summed E-state index contributed by atoms with van der Waals surface area (Å²) >= 11 is 0. The lowest BCUT2D eigenvalue weighted by molar-refractivity contribution is -0.121. The van der Waals surface area contributed by atoms with Gasteiger partial charge >= 0.3 is 0 Å². The summed E-state index contributed by atoms with van der Waals surface area (Å²) in [6.07, 6.45) is 2.11. The number of rotatable bonds is 7. The fourth-order valence-corrected chi connectivity index (χ4v) is 2.32. The van der Waals surface area contributed by atoms with Crippen molar-refractivity contribution in [2.45, 2.75) is 45.3 Å². The van der Waals surface area contributed by atoms with Crippen LogP contribution in [0.4, 0.5) is 4.39 Å². The van der Waals surface area contributed by atoms with E-state index in [0.29, 0.717) is 25.9 Å². The zero-order valence-corrected chi connectivity index (χ0v) is 12.6. The normalized spacial score (nSPS) is 18.0. The van der Waals surface area contributed by atoms with Gasteiger partial charge in [0.05, 0.1) is 0 Å². The summed E-state index contributed by atoms with van der Waals surface area (Å²) in [6, 6.07) is 4.83. The second kappa shape index (κ2) is 7.41. The maximum absolute atomic E-state index is 13.1. The number of amides is 1. The number of hydrogen-bond donors (Lipinski definition) is 2. The molecule has 0 bridgehead atoms. The predicted octanol–water partition coefficient (Wildman–Crippen LogP) is 2.02. The summed E-state index contributed by atoms with van der Waals surface area (Å²) in [5, 5.41) is 6.15. The fourth-order valence-electron chi connectivity index (χ4n) is 2.32. The molecular weight excluding hydrogens is 271 g/mol. The monoisotopic (exact) mass is 294 g/mol. The molecule has 2 rings (SSSR count). The maximum atomic E-state index is 13.1. The van der Waals surface area contributed by atoms with Gasteiger partial charge in [-0.05, 0) is 31.5 Å². The Morgan fingerprint density at radius 3 is 3.10 bits per heavy atom. The van der Waals surface area contributed by atoms with Crippen molar-refractivity contribution in [1.29, 1.82) is 0 Å². The lowest BCUT2D eigenvalue weighted by atomic mass is 10.1. The van der Waals surface area contributed by atoms with E-state index in [9.17, 15) is 9.18 Å². The minimum atomic E-state index is -0.229. The number of hydrogen-bond acceptors (Lipinski definition) is 3. The zero-order valence-electron chi connectivity index (χ0n) is 12.6. The average molecular weight is 294 g/mol. The summed E-state index contributed by atoms with van der Waals surface area (Å²) < 4.78 is 18.8. The van der Waals surface area contributed by atoms with Crippen molar-refractivity contribution >= 4 is 5.91 Å². The van der Waals surface area contributed by atoms with Crippen LogP contribution in [0.5, 0.6) is 5.75 Å². The second-order valence-corrected chi connectivity index (χ2v) is 5.53. The van der Waals surface area contributed by atoms with Crippen molar-refractivity contribution < 1.29 is 13.9 Å². The van der Waals surface area contributed by atoms with Gasteiger partial charge in [0.2, 0.25) is 5.91 Å². The van der Waals surface area contributed by atoms with E-state index in [1.54, 1.807) is 6.07 Å². The van der Waals surface area contributed by atoms with Crippen molar-refractivity contribution in [3.05, 3.63) is 29.6 Å². The molecule has 2 N–H and O–H groups in total. The molecule has 21 heavy (non-hydrogen) atoms. The molecule has 1 heterocycles. The van der Waals surface area contributed by atoms with Gasteiger partial charge in [-0.15, -0.1) is 0 Å². The highest BCUT2D eigenvalue weighted by molar-refractivity contribution is 5.76. The Morgan fingerprint density at radius 2 is 2.33 bits per heavy atom. The topological polar surface area (TPSA) is 50.4 Å². The third-order valence-electron chi connectivity index (χ3n) is 3.68. The average Bonchev–Trinajstić information content (AvgIpc) is 2.85. The molecule has 0 spiro atoms. The first kappa shape index (κ1) is 15.8. The Labute approximate surface area is 125 Å². The van der Waals surface area contributed by atoms with E-state index in [-0.39, 0.29) is 23.9 Å². The molecule has 1 aliphatic rings. The molecule has 1 aromatic carbocycles. The number of benzene rings is 1. The van der Waals surface area contributed by atoms with Gasteiger partial charge in [0.25, 0.3) is 0 Å². The van der Waals surface area contributed by atoms with Gasteiger partial charge in [0.15, 0.2) is 0 Å². The molecule has 116 valence electrons. The third kappa shape index (κ3) is 4.70. The Bertz CT molecular complexity index is 493. The van der Waals surface area contributed by atoms with E-state index in [4.69, 9.17) is 4.74 Å². The second-order valence-electron chi connectivity index (χ2n) is 5.53. The van der Waals surface area contributed by atoms with E-state index >= 15 is 0 Å². The number of fused-ring (bicyclic) bond motifs is 1. The van der Waals surface area contributed by atoms with Crippen LogP contribution >= 0.6 is 0 Å². The molecule has 0 fully saturated rings. The number of carbonyl (C=O) groups is 1. The number of nitrogens with one attached hydrogen (secondary N) is 2. The van der Waals surface area contributed by atoms with Gasteiger partial charge in [-0.25, -0.2) is 4.39 Å². The molecule has 0 saturated carbocycles. The van der Waals surface area contributed by atoms with Crippen molar-refractivity contribution in [1.82, 2.24) is 10.6 Å². The van der Waals surface area contributed by atoms with E-state index in [2.05, 4.69) is 10.6 Å². The van der Waals surface area contributed by atoms with Crippen LogP contribution in [0, 0.1) is 5.82 Å². The van der Waals surface area contributed by atoms with Crippen molar-refractivity contribution in [3.63, 3.8) is 0 Å². The Kier molecular flexibility index (Phi) is 5.56. The summed E-state index contributed by atoms with van der Waals surface area (Å²) in [5.41, 5.74) is 0.913. The Balaban J connectivity index is 1.64. The quantitative estimate of drug-likeness (QED) is 0.757. The molecule has 0 saturated heterocycles. The van der Waals surface area contributed by atoms with Gasteiger partial charge in [-0.3, -0.25) is 4.79 Å². The molecule has 1 amide bonds. The number of carbonyl (C=O) groups excluding carboxylic acids is 1. The molecular formula is C16H23FN2O2. The van der Waals surface area contributed by atoms with E-state index in [1.807, 2.05) is 13.8 Å². The van der Waals surface area contributed by atoms with Crippen LogP contribution in [0.25, 0.3) is 0 Å². The van der Waals surface area contributed by atoms with Crippen molar-refractivity contribution in [3.8, 4) is 5.75 Å². The zero-order chi connectivity index (χ0) is 15.2. The largest absolute Gasteiger partial charge is 0.488 e. The first-order valence-electron chi connectivity index (χ1n) is 7.53. The molecule has 0 aliphatic carbocycles. The van der Waals surface area contributed by atoms with Crippen LogP contribution in [0.15, 0.2) is 18.2 Å². The SMILES string of the molecule is CCC(C)NC(=O)CCNCC1Cc2cc(F)ccc2O1. The standard InChI is InChI=1S/C16H23FN2O2/c1-3-11(2)19-16(20)6-7-18-10-14-9-12-8-13(17)4-5-15(12)21-14/h4-5,8,11,14,18H,3,6-7,9-10H2,1-2H3,(H,19,20). The Morgan fingerprint density at radius 1 is 1.52 bits per heavy atom. The van der Waals surface area contributed by atoms with Crippen LogP contribution in [0.1, 0.15) is 32.3 Å². The lowest BCUT2D eigenvalue weighted by Gasteiger charge is -2.13. The predicted molar refractivity (Wildman–Crippen MR) is 79.9 cm³/mol. The molecule has 0 radical (unpaired) electrons. The molecule has 0 aromatic heterocycles. The van der Waals surface area contributed by atoms with E-state index in [0.717, 1.165) is 17.7 Å². The van der Waals surface area contributed by atoms with Crippen molar-refractivity contribution in [2.24, 2.45) is 0 Å². The first-order chi connectivity index (χ1) is 10.1. The van der Waals surface area contributed by atoms with Gasteiger partial charge in [0, 0.05) is 37.5 Å². The highest BCUT2D eigenvalue weighted by Gasteiger charge is 2.22. The minimum absolute atomic E-state index is 0.0134. The van der Waals surface area contributed by atoms with Crippen LogP contribution in [0.3, 0.4) is 0 Å². The molecule has 4 nitrogen and oxygen atoms in total. The molecule has 1 aliphatic heterocycles. The van der Waals surface area contributed by atoms with E-state index < -0.39 is 0 Å². The van der Waals surface area contributed by atoms with Gasteiger partial charge < -0.3 is 15.4 Å². The van der Waals surface area contributed by atoms with Crippen LogP contribution in [-0.4, -0.2) is 31.1 Å². The number of halogens is 1. The highest BCUT2D eigenvalue weighted by atomic mass is 19.1. The lowest BCUT2D eigenvalue weighted by Crippen LogP contribution is -2.36. The minimum Gasteiger partial charge on any atom is -0.488 e. The van der Waals surface area contributed by atoms with Gasteiger partial charge in [-0.2, -0.15) is 0 Å². The summed E-state index contributed by atoms with van der Waals surface area (Å²) in [5.74, 6) is 0.597. The van der Waals surface area contributed by atoms with Gasteiger partial charge in [0.1, 0.15) is 17.7 Å². The summed E-state index contributed by atoms with van der Waals surface area (Å²) in [4.78, 5) is 11.6. The van der Waals surface area contributed by atoms with E-state index in [1.165, 1.54) is 12.1 Å². The molecule has 2 atom stereocenters. The van der Waals surface area contributed by atoms with Crippen LogP contribution < -0.4 is 15.4 Å². The molecule has 2 unspecified atom stereocenters. The molecule has 1 aromatic rings. The van der Waals surface area contributed by atoms with Crippen LogP contribution in [0.2, 0.25) is 0 Å². The highest BCUT2D eigenvalue weighted by Crippen LogP contribution is 2.28. The smallest absolute Gasteiger partial charge is 0.221 e. The van der Waals surface area contributed by atoms with Crippen molar-refractivity contribution in [2.75, 3.05) is 13.1 Å². The Hall–Kier alpha value is -1.62. The van der Waals surface area contributed by atoms with Crippen LogP contribution in [-0.2, 0) is 11.2 Å². The summed E-state index contributed by atoms with van der Waals surface area (Å²) in [6.45, 7) is 5.31. The maximum Gasteiger partial charge on any atom is 0.221 e. The summed E-state index contributed by atoms with van der Waals surface area (Å²) in [7, 11) is 0. The molecule has 5 heteroatoms. The number of ether oxygens (including phenoxy) is 1.